The van der Waals surface area contributed by atoms with Gasteiger partial charge in [-0.1, -0.05) is 25.0 Å². The Bertz CT molecular complexity index is 832. The molecule has 0 radical (unpaired) electrons. The molecular weight excluding hydrogens is 286 g/mol. The van der Waals surface area contributed by atoms with Crippen LogP contribution in [0.1, 0.15) is 31.2 Å². The number of anilines is 2. The summed E-state index contributed by atoms with van der Waals surface area (Å²) in [7, 11) is 0. The number of aromatic amines is 1. The molecule has 4 N–H and O–H groups in total. The number of nitrogens with zero attached hydrogens (tertiary/aromatic N) is 2. The summed E-state index contributed by atoms with van der Waals surface area (Å²) in [4.78, 5) is 4.58. The first-order valence-corrected chi connectivity index (χ1v) is 8.18. The maximum absolute atomic E-state index is 6.16. The number of H-pyrrole nitrogens is 1. The van der Waals surface area contributed by atoms with Crippen molar-refractivity contribution in [3.8, 4) is 11.3 Å². The van der Waals surface area contributed by atoms with Gasteiger partial charge in [-0.2, -0.15) is 5.10 Å². The maximum Gasteiger partial charge on any atom is 0.129 e. The lowest BCUT2D eigenvalue weighted by molar-refractivity contribution is 0.755. The highest BCUT2D eigenvalue weighted by Gasteiger charge is 2.18. The van der Waals surface area contributed by atoms with Crippen molar-refractivity contribution in [3.63, 3.8) is 0 Å². The minimum atomic E-state index is 0.547. The van der Waals surface area contributed by atoms with Crippen LogP contribution in [0.2, 0.25) is 0 Å². The van der Waals surface area contributed by atoms with E-state index in [1.54, 1.807) is 6.20 Å². The Labute approximate surface area is 135 Å². The summed E-state index contributed by atoms with van der Waals surface area (Å²) in [6.07, 6.45) is 6.83. The molecule has 1 fully saturated rings. The predicted molar refractivity (Wildman–Crippen MR) is 94.4 cm³/mol. The van der Waals surface area contributed by atoms with Crippen LogP contribution in [0.4, 0.5) is 11.5 Å². The van der Waals surface area contributed by atoms with Crippen LogP contribution in [0.5, 0.6) is 0 Å². The lowest BCUT2D eigenvalue weighted by Crippen LogP contribution is -2.16. The molecule has 5 heteroatoms. The van der Waals surface area contributed by atoms with Gasteiger partial charge < -0.3 is 11.1 Å². The molecule has 5 nitrogen and oxygen atoms in total. The van der Waals surface area contributed by atoms with Crippen LogP contribution in [0.15, 0.2) is 30.5 Å². The molecule has 2 aromatic heterocycles. The van der Waals surface area contributed by atoms with Crippen molar-refractivity contribution in [2.24, 2.45) is 0 Å². The van der Waals surface area contributed by atoms with E-state index in [1.165, 1.54) is 25.7 Å². The molecule has 0 aliphatic heterocycles. The van der Waals surface area contributed by atoms with Crippen LogP contribution in [0.3, 0.4) is 0 Å². The number of hydrogen-bond acceptors (Lipinski definition) is 4. The van der Waals surface area contributed by atoms with Gasteiger partial charge in [-0.15, -0.1) is 0 Å². The Morgan fingerprint density at radius 2 is 2.04 bits per heavy atom. The molecule has 3 aromatic rings. The molecule has 118 valence electrons. The first-order chi connectivity index (χ1) is 11.2. The summed E-state index contributed by atoms with van der Waals surface area (Å²) in [5.41, 5.74) is 11.3. The van der Waals surface area contributed by atoms with E-state index in [0.29, 0.717) is 11.9 Å². The van der Waals surface area contributed by atoms with Crippen LogP contribution in [-0.4, -0.2) is 21.2 Å². The molecule has 23 heavy (non-hydrogen) atoms. The number of pyridine rings is 1. The molecule has 0 spiro atoms. The van der Waals surface area contributed by atoms with E-state index in [2.05, 4.69) is 38.7 Å². The first kappa shape index (κ1) is 14.1. The molecule has 1 saturated carbocycles. The molecule has 1 aromatic carbocycles. The van der Waals surface area contributed by atoms with Gasteiger partial charge in [0.15, 0.2) is 0 Å². The van der Waals surface area contributed by atoms with E-state index in [4.69, 9.17) is 5.73 Å². The lowest BCUT2D eigenvalue weighted by Gasteiger charge is -2.19. The Kier molecular flexibility index (Phi) is 3.41. The summed E-state index contributed by atoms with van der Waals surface area (Å²) < 4.78 is 0. The topological polar surface area (TPSA) is 79.6 Å². The fourth-order valence-corrected chi connectivity index (χ4v) is 3.42. The Morgan fingerprint density at radius 3 is 2.78 bits per heavy atom. The fraction of sp³-hybridized carbons (Fsp3) is 0.333. The fourth-order valence-electron chi connectivity index (χ4n) is 3.42. The number of nitrogens with one attached hydrogen (secondary N) is 2. The monoisotopic (exact) mass is 307 g/mol. The van der Waals surface area contributed by atoms with Gasteiger partial charge in [-0.25, -0.2) is 4.98 Å². The Hall–Kier alpha value is -2.56. The second-order valence-corrected chi connectivity index (χ2v) is 6.33. The number of fused-ring (bicyclic) bond motifs is 1. The minimum Gasteiger partial charge on any atom is -0.383 e. The third kappa shape index (κ3) is 2.52. The van der Waals surface area contributed by atoms with Gasteiger partial charge in [-0.3, -0.25) is 5.10 Å². The zero-order chi connectivity index (χ0) is 15.8. The molecular formula is C18H21N5. The number of rotatable bonds is 3. The van der Waals surface area contributed by atoms with Gasteiger partial charge in [-0.05, 0) is 31.9 Å². The number of nitrogens with two attached hydrogens (primary N) is 1. The zero-order valence-electron chi connectivity index (χ0n) is 13.3. The number of hydrogen-bond donors (Lipinski definition) is 3. The SMILES string of the molecule is Cc1c(N)nc2cc(-c3ccn[nH]3)ccc2c1NC1CCCC1. The third-order valence-electron chi connectivity index (χ3n) is 4.78. The van der Waals surface area contributed by atoms with Crippen LogP contribution < -0.4 is 11.1 Å². The van der Waals surface area contributed by atoms with Crippen LogP contribution in [-0.2, 0) is 0 Å². The van der Waals surface area contributed by atoms with Crippen molar-refractivity contribution in [2.45, 2.75) is 38.6 Å². The molecule has 0 unspecified atom stereocenters. The van der Waals surface area contributed by atoms with E-state index < -0.39 is 0 Å². The number of benzene rings is 1. The lowest BCUT2D eigenvalue weighted by atomic mass is 10.0. The standard InChI is InChI=1S/C18H21N5/c1-11-17(21-13-4-2-3-5-13)14-7-6-12(15-8-9-20-23-15)10-16(14)22-18(11)19/h6-10,13H,2-5H2,1H3,(H,20,23)(H3,19,21,22). The average molecular weight is 307 g/mol. The van der Waals surface area contributed by atoms with Crippen molar-refractivity contribution < 1.29 is 0 Å². The minimum absolute atomic E-state index is 0.547. The normalized spacial score (nSPS) is 15.3. The molecule has 0 bridgehead atoms. The van der Waals surface area contributed by atoms with Gasteiger partial charge in [0.1, 0.15) is 5.82 Å². The van der Waals surface area contributed by atoms with Gasteiger partial charge in [0, 0.05) is 28.8 Å². The van der Waals surface area contributed by atoms with Gasteiger partial charge >= 0.3 is 0 Å². The Balaban J connectivity index is 1.82. The summed E-state index contributed by atoms with van der Waals surface area (Å²) in [6.45, 7) is 2.04. The molecule has 0 atom stereocenters. The van der Waals surface area contributed by atoms with Crippen molar-refractivity contribution in [1.29, 1.82) is 0 Å². The van der Waals surface area contributed by atoms with Crippen molar-refractivity contribution in [2.75, 3.05) is 11.1 Å². The molecule has 0 saturated heterocycles. The van der Waals surface area contributed by atoms with Crippen LogP contribution >= 0.6 is 0 Å². The summed E-state index contributed by atoms with van der Waals surface area (Å²) in [5.74, 6) is 0.597. The molecule has 2 heterocycles. The van der Waals surface area contributed by atoms with Crippen LogP contribution in [0.25, 0.3) is 22.2 Å². The second-order valence-electron chi connectivity index (χ2n) is 6.33. The number of aromatic nitrogens is 3. The highest BCUT2D eigenvalue weighted by molar-refractivity contribution is 5.97. The first-order valence-electron chi connectivity index (χ1n) is 8.18. The van der Waals surface area contributed by atoms with Crippen LogP contribution in [0, 0.1) is 6.92 Å². The van der Waals surface area contributed by atoms with Crippen molar-refractivity contribution >= 4 is 22.4 Å². The zero-order valence-corrected chi connectivity index (χ0v) is 13.3. The molecule has 0 amide bonds. The van der Waals surface area contributed by atoms with E-state index in [-0.39, 0.29) is 0 Å². The van der Waals surface area contributed by atoms with E-state index in [9.17, 15) is 0 Å². The second kappa shape index (κ2) is 5.57. The molecule has 1 aliphatic rings. The van der Waals surface area contributed by atoms with E-state index in [1.807, 2.05) is 13.0 Å². The highest BCUT2D eigenvalue weighted by atomic mass is 15.1. The predicted octanol–water partition coefficient (Wildman–Crippen LogP) is 3.87. The molecule has 1 aliphatic carbocycles. The number of nitrogen functional groups attached to an aromatic ring is 1. The van der Waals surface area contributed by atoms with E-state index in [0.717, 1.165) is 33.4 Å². The Morgan fingerprint density at radius 1 is 1.22 bits per heavy atom. The summed E-state index contributed by atoms with van der Waals surface area (Å²) in [6, 6.07) is 8.80. The largest absolute Gasteiger partial charge is 0.383 e. The summed E-state index contributed by atoms with van der Waals surface area (Å²) in [5, 5.41) is 11.8. The van der Waals surface area contributed by atoms with Gasteiger partial charge in [0.05, 0.1) is 16.9 Å². The smallest absolute Gasteiger partial charge is 0.129 e. The average Bonchev–Trinajstić information content (AvgIpc) is 3.24. The van der Waals surface area contributed by atoms with Crippen molar-refractivity contribution in [3.05, 3.63) is 36.0 Å². The highest BCUT2D eigenvalue weighted by Crippen LogP contribution is 2.34. The third-order valence-corrected chi connectivity index (χ3v) is 4.78. The summed E-state index contributed by atoms with van der Waals surface area (Å²) >= 11 is 0. The van der Waals surface area contributed by atoms with Crippen molar-refractivity contribution in [1.82, 2.24) is 15.2 Å². The quantitative estimate of drug-likeness (QED) is 0.686. The van der Waals surface area contributed by atoms with Gasteiger partial charge in [0.25, 0.3) is 0 Å². The maximum atomic E-state index is 6.16. The molecule has 4 rings (SSSR count). The van der Waals surface area contributed by atoms with Gasteiger partial charge in [0.2, 0.25) is 0 Å². The van der Waals surface area contributed by atoms with E-state index >= 15 is 0 Å².